The number of amides is 1. The number of benzene rings is 2. The van der Waals surface area contributed by atoms with Crippen molar-refractivity contribution < 1.29 is 4.79 Å². The molecule has 0 fully saturated rings. The summed E-state index contributed by atoms with van der Waals surface area (Å²) in [6, 6.07) is 13.6. The first-order chi connectivity index (χ1) is 12.5. The van der Waals surface area contributed by atoms with E-state index in [-0.39, 0.29) is 5.91 Å². The second kappa shape index (κ2) is 8.10. The average Bonchev–Trinajstić information content (AvgIpc) is 3.17. The van der Waals surface area contributed by atoms with E-state index < -0.39 is 0 Å². The van der Waals surface area contributed by atoms with Crippen LogP contribution in [0.5, 0.6) is 0 Å². The van der Waals surface area contributed by atoms with Crippen LogP contribution in [0.2, 0.25) is 5.02 Å². The van der Waals surface area contributed by atoms with E-state index in [4.69, 9.17) is 11.6 Å². The van der Waals surface area contributed by atoms with Crippen molar-refractivity contribution >= 4 is 23.2 Å². The Balaban J connectivity index is 1.62. The van der Waals surface area contributed by atoms with Gasteiger partial charge in [0, 0.05) is 6.42 Å². The van der Waals surface area contributed by atoms with Crippen LogP contribution in [0.3, 0.4) is 0 Å². The molecule has 1 aromatic heterocycles. The van der Waals surface area contributed by atoms with Crippen LogP contribution in [-0.2, 0) is 11.2 Å². The van der Waals surface area contributed by atoms with Gasteiger partial charge in [-0.1, -0.05) is 49.7 Å². The maximum absolute atomic E-state index is 12.3. The molecule has 1 amide bonds. The van der Waals surface area contributed by atoms with Crippen LogP contribution in [0.15, 0.2) is 48.8 Å². The summed E-state index contributed by atoms with van der Waals surface area (Å²) in [4.78, 5) is 12.3. The zero-order chi connectivity index (χ0) is 18.5. The average molecular weight is 370 g/mol. The van der Waals surface area contributed by atoms with Crippen LogP contribution in [0.4, 0.5) is 5.69 Å². The van der Waals surface area contributed by atoms with Crippen molar-refractivity contribution in [2.45, 2.75) is 32.6 Å². The minimum Gasteiger partial charge on any atom is -0.325 e. The zero-order valence-corrected chi connectivity index (χ0v) is 15.4. The van der Waals surface area contributed by atoms with Gasteiger partial charge >= 0.3 is 0 Å². The molecule has 0 aliphatic carbocycles. The number of carbonyl (C=O) groups excluding carboxylic acids is 1. The Morgan fingerprint density at radius 3 is 2.62 bits per heavy atom. The first kappa shape index (κ1) is 18.1. The van der Waals surface area contributed by atoms with Gasteiger partial charge in [-0.3, -0.25) is 4.79 Å². The first-order valence-corrected chi connectivity index (χ1v) is 8.82. The molecule has 0 aliphatic rings. The molecule has 3 rings (SSSR count). The molecule has 1 N–H and O–H groups in total. The molecule has 0 spiro atoms. The molecule has 0 saturated heterocycles. The van der Waals surface area contributed by atoms with E-state index in [9.17, 15) is 4.79 Å². The van der Waals surface area contributed by atoms with Gasteiger partial charge in [-0.2, -0.15) is 0 Å². The number of hydrogen-bond donors (Lipinski definition) is 1. The smallest absolute Gasteiger partial charge is 0.224 e. The lowest BCUT2D eigenvalue weighted by Gasteiger charge is -2.10. The minimum absolute atomic E-state index is 0.0892. The number of aromatic nitrogens is 4. The summed E-state index contributed by atoms with van der Waals surface area (Å²) in [6.45, 7) is 4.32. The van der Waals surface area contributed by atoms with E-state index in [0.29, 0.717) is 29.5 Å². The van der Waals surface area contributed by atoms with E-state index in [1.54, 1.807) is 18.2 Å². The quantitative estimate of drug-likeness (QED) is 0.712. The number of hydrogen-bond acceptors (Lipinski definition) is 4. The summed E-state index contributed by atoms with van der Waals surface area (Å²) in [7, 11) is 0. The Morgan fingerprint density at radius 2 is 1.96 bits per heavy atom. The van der Waals surface area contributed by atoms with Crippen molar-refractivity contribution in [1.29, 1.82) is 0 Å². The molecule has 0 bridgehead atoms. The SMILES string of the molecule is CC(C)c1ccc(CCC(=O)Nc2cc(-n3cnnn3)ccc2Cl)cc1. The molecular weight excluding hydrogens is 350 g/mol. The van der Waals surface area contributed by atoms with E-state index in [2.05, 4.69) is 59.0 Å². The highest BCUT2D eigenvalue weighted by Gasteiger charge is 2.09. The Hall–Kier alpha value is -2.73. The van der Waals surface area contributed by atoms with Crippen LogP contribution in [0, 0.1) is 0 Å². The minimum atomic E-state index is -0.0892. The van der Waals surface area contributed by atoms with E-state index >= 15 is 0 Å². The molecule has 6 nitrogen and oxygen atoms in total. The number of carbonyl (C=O) groups is 1. The fraction of sp³-hybridized carbons (Fsp3) is 0.263. The number of aryl methyl sites for hydroxylation is 1. The van der Waals surface area contributed by atoms with Crippen molar-refractivity contribution in [3.8, 4) is 5.69 Å². The maximum atomic E-state index is 12.3. The topological polar surface area (TPSA) is 72.7 Å². The normalized spacial score (nSPS) is 10.9. The third-order valence-electron chi connectivity index (χ3n) is 4.12. The zero-order valence-electron chi connectivity index (χ0n) is 14.7. The van der Waals surface area contributed by atoms with Crippen LogP contribution in [-0.4, -0.2) is 26.1 Å². The highest BCUT2D eigenvalue weighted by atomic mass is 35.5. The second-order valence-electron chi connectivity index (χ2n) is 6.36. The summed E-state index contributed by atoms with van der Waals surface area (Å²) in [5.74, 6) is 0.413. The fourth-order valence-corrected chi connectivity index (χ4v) is 2.74. The van der Waals surface area contributed by atoms with Gasteiger partial charge in [0.25, 0.3) is 0 Å². The third kappa shape index (κ3) is 4.46. The van der Waals surface area contributed by atoms with Gasteiger partial charge in [-0.25, -0.2) is 4.68 Å². The monoisotopic (exact) mass is 369 g/mol. The molecule has 3 aromatic rings. The van der Waals surface area contributed by atoms with Gasteiger partial charge in [-0.05, 0) is 52.1 Å². The fourth-order valence-electron chi connectivity index (χ4n) is 2.57. The summed E-state index contributed by atoms with van der Waals surface area (Å²) in [5, 5.41) is 14.4. The van der Waals surface area contributed by atoms with Crippen LogP contribution >= 0.6 is 11.6 Å². The number of nitrogens with zero attached hydrogens (tertiary/aromatic N) is 4. The van der Waals surface area contributed by atoms with Gasteiger partial charge in [0.2, 0.25) is 5.91 Å². The van der Waals surface area contributed by atoms with Crippen LogP contribution < -0.4 is 5.32 Å². The molecule has 7 heteroatoms. The Labute approximate surface area is 157 Å². The molecule has 0 aliphatic heterocycles. The highest BCUT2D eigenvalue weighted by Crippen LogP contribution is 2.25. The molecular formula is C19H20ClN5O. The molecule has 2 aromatic carbocycles. The predicted octanol–water partition coefficient (Wildman–Crippen LogP) is 4.01. The second-order valence-corrected chi connectivity index (χ2v) is 6.77. The third-order valence-corrected chi connectivity index (χ3v) is 4.45. The lowest BCUT2D eigenvalue weighted by molar-refractivity contribution is -0.116. The standard InChI is InChI=1S/C19H20ClN5O/c1-13(2)15-6-3-14(4-7-15)5-10-19(26)22-18-11-16(8-9-17(18)20)25-12-21-23-24-25/h3-4,6-9,11-13H,5,10H2,1-2H3,(H,22,26). The van der Waals surface area contributed by atoms with Crippen molar-refractivity contribution in [1.82, 2.24) is 20.2 Å². The molecule has 26 heavy (non-hydrogen) atoms. The first-order valence-electron chi connectivity index (χ1n) is 8.44. The van der Waals surface area contributed by atoms with Gasteiger partial charge in [-0.15, -0.1) is 5.10 Å². The van der Waals surface area contributed by atoms with Crippen molar-refractivity contribution in [3.05, 3.63) is 64.9 Å². The largest absolute Gasteiger partial charge is 0.325 e. The summed E-state index contributed by atoms with van der Waals surface area (Å²) < 4.78 is 1.50. The predicted molar refractivity (Wildman–Crippen MR) is 102 cm³/mol. The molecule has 134 valence electrons. The summed E-state index contributed by atoms with van der Waals surface area (Å²) in [6.07, 6.45) is 2.54. The molecule has 0 unspecified atom stereocenters. The molecule has 0 radical (unpaired) electrons. The van der Waals surface area contributed by atoms with E-state index in [0.717, 1.165) is 11.3 Å². The molecule has 0 atom stereocenters. The van der Waals surface area contributed by atoms with Crippen LogP contribution in [0.1, 0.15) is 37.3 Å². The summed E-state index contributed by atoms with van der Waals surface area (Å²) in [5.41, 5.74) is 3.70. The van der Waals surface area contributed by atoms with Crippen LogP contribution in [0.25, 0.3) is 5.69 Å². The molecule has 1 heterocycles. The van der Waals surface area contributed by atoms with Gasteiger partial charge < -0.3 is 5.32 Å². The van der Waals surface area contributed by atoms with Crippen molar-refractivity contribution in [2.24, 2.45) is 0 Å². The Morgan fingerprint density at radius 1 is 1.19 bits per heavy atom. The number of halogens is 1. The van der Waals surface area contributed by atoms with Gasteiger partial charge in [0.1, 0.15) is 6.33 Å². The van der Waals surface area contributed by atoms with Gasteiger partial charge in [0.15, 0.2) is 0 Å². The highest BCUT2D eigenvalue weighted by molar-refractivity contribution is 6.33. The van der Waals surface area contributed by atoms with E-state index in [1.807, 2.05) is 0 Å². The lowest BCUT2D eigenvalue weighted by atomic mass is 10.0. The number of rotatable bonds is 6. The maximum Gasteiger partial charge on any atom is 0.224 e. The van der Waals surface area contributed by atoms with Crippen molar-refractivity contribution in [3.63, 3.8) is 0 Å². The number of tetrazole rings is 1. The van der Waals surface area contributed by atoms with Crippen molar-refractivity contribution in [2.75, 3.05) is 5.32 Å². The van der Waals surface area contributed by atoms with Gasteiger partial charge in [0.05, 0.1) is 16.4 Å². The Kier molecular flexibility index (Phi) is 5.63. The Bertz CT molecular complexity index is 875. The lowest BCUT2D eigenvalue weighted by Crippen LogP contribution is -2.13. The molecule has 0 saturated carbocycles. The number of anilines is 1. The van der Waals surface area contributed by atoms with E-state index in [1.165, 1.54) is 16.6 Å². The number of nitrogens with one attached hydrogen (secondary N) is 1. The summed E-state index contributed by atoms with van der Waals surface area (Å²) >= 11 is 6.19.